The highest BCUT2D eigenvalue weighted by Gasteiger charge is 2.34. The van der Waals surface area contributed by atoms with Gasteiger partial charge < -0.3 is 15.0 Å². The summed E-state index contributed by atoms with van der Waals surface area (Å²) in [5, 5.41) is 3.09. The fourth-order valence-corrected chi connectivity index (χ4v) is 2.58. The van der Waals surface area contributed by atoms with Gasteiger partial charge in [0, 0.05) is 25.6 Å². The Bertz CT molecular complexity index is 413. The fourth-order valence-electron chi connectivity index (χ4n) is 2.25. The Morgan fingerprint density at radius 1 is 1.42 bits per heavy atom. The molecule has 1 aromatic carbocycles. The quantitative estimate of drug-likeness (QED) is 0.860. The van der Waals surface area contributed by atoms with Crippen molar-refractivity contribution in [2.45, 2.75) is 12.0 Å². The molecule has 0 radical (unpaired) electrons. The molecule has 0 spiro atoms. The van der Waals surface area contributed by atoms with Crippen molar-refractivity contribution in [2.24, 2.45) is 5.92 Å². The van der Waals surface area contributed by atoms with Gasteiger partial charge in [-0.3, -0.25) is 0 Å². The van der Waals surface area contributed by atoms with E-state index in [1.54, 1.807) is 4.90 Å². The van der Waals surface area contributed by atoms with E-state index in [4.69, 9.17) is 16.3 Å². The van der Waals surface area contributed by atoms with E-state index in [1.165, 1.54) is 0 Å². The SMILES string of the molecule is CNCC1CN(C(=O)OCc2ccccc2)CC1Cl. The zero-order chi connectivity index (χ0) is 13.7. The zero-order valence-corrected chi connectivity index (χ0v) is 11.8. The van der Waals surface area contributed by atoms with Crippen molar-refractivity contribution in [3.05, 3.63) is 35.9 Å². The smallest absolute Gasteiger partial charge is 0.410 e. The number of likely N-dealkylation sites (tertiary alicyclic amines) is 1. The number of hydrogen-bond acceptors (Lipinski definition) is 3. The lowest BCUT2D eigenvalue weighted by molar-refractivity contribution is 0.103. The molecule has 1 amide bonds. The van der Waals surface area contributed by atoms with Crippen molar-refractivity contribution in [3.8, 4) is 0 Å². The molecule has 1 saturated heterocycles. The molecule has 5 heteroatoms. The second-order valence-electron chi connectivity index (χ2n) is 4.78. The van der Waals surface area contributed by atoms with Crippen molar-refractivity contribution in [2.75, 3.05) is 26.7 Å². The van der Waals surface area contributed by atoms with Crippen LogP contribution in [0.1, 0.15) is 5.56 Å². The van der Waals surface area contributed by atoms with Gasteiger partial charge in [0.1, 0.15) is 6.61 Å². The van der Waals surface area contributed by atoms with Crippen LogP contribution in [0.4, 0.5) is 4.79 Å². The molecule has 1 aromatic rings. The van der Waals surface area contributed by atoms with Crippen molar-refractivity contribution in [3.63, 3.8) is 0 Å². The van der Waals surface area contributed by atoms with Crippen LogP contribution in [0.15, 0.2) is 30.3 Å². The summed E-state index contributed by atoms with van der Waals surface area (Å²) in [6.07, 6.45) is -0.284. The average Bonchev–Trinajstić information content (AvgIpc) is 2.79. The zero-order valence-electron chi connectivity index (χ0n) is 11.0. The maximum absolute atomic E-state index is 11.9. The Morgan fingerprint density at radius 2 is 2.16 bits per heavy atom. The first-order chi connectivity index (χ1) is 9.20. The number of ether oxygens (including phenoxy) is 1. The van der Waals surface area contributed by atoms with Crippen LogP contribution in [0.25, 0.3) is 0 Å². The monoisotopic (exact) mass is 282 g/mol. The number of rotatable bonds is 4. The number of benzene rings is 1. The molecule has 4 nitrogen and oxygen atoms in total. The third-order valence-corrected chi connectivity index (χ3v) is 3.79. The third kappa shape index (κ3) is 3.85. The predicted molar refractivity (Wildman–Crippen MR) is 75.3 cm³/mol. The summed E-state index contributed by atoms with van der Waals surface area (Å²) in [5.74, 6) is 0.288. The van der Waals surface area contributed by atoms with Crippen molar-refractivity contribution >= 4 is 17.7 Å². The van der Waals surface area contributed by atoms with Gasteiger partial charge in [-0.1, -0.05) is 30.3 Å². The first-order valence-electron chi connectivity index (χ1n) is 6.45. The van der Waals surface area contributed by atoms with E-state index in [9.17, 15) is 4.79 Å². The maximum atomic E-state index is 11.9. The number of carbonyl (C=O) groups excluding carboxylic acids is 1. The molecule has 0 bridgehead atoms. The molecule has 2 atom stereocenters. The van der Waals surface area contributed by atoms with Crippen molar-refractivity contribution in [1.29, 1.82) is 0 Å². The molecule has 0 aromatic heterocycles. The summed E-state index contributed by atoms with van der Waals surface area (Å²) in [4.78, 5) is 13.6. The Labute approximate surface area is 118 Å². The number of nitrogens with one attached hydrogen (secondary N) is 1. The lowest BCUT2D eigenvalue weighted by atomic mass is 10.1. The average molecular weight is 283 g/mol. The second-order valence-corrected chi connectivity index (χ2v) is 5.34. The number of carbonyl (C=O) groups is 1. The van der Waals surface area contributed by atoms with Crippen LogP contribution in [0.5, 0.6) is 0 Å². The Kier molecular flexibility index (Phi) is 5.05. The number of alkyl halides is 1. The Hall–Kier alpha value is -1.26. The molecule has 0 aliphatic carbocycles. The third-order valence-electron chi connectivity index (χ3n) is 3.29. The van der Waals surface area contributed by atoms with E-state index in [1.807, 2.05) is 37.4 Å². The molecule has 1 aliphatic rings. The van der Waals surface area contributed by atoms with E-state index < -0.39 is 0 Å². The minimum absolute atomic E-state index is 0.00303. The van der Waals surface area contributed by atoms with E-state index in [-0.39, 0.29) is 17.4 Å². The van der Waals surface area contributed by atoms with E-state index in [2.05, 4.69) is 5.32 Å². The predicted octanol–water partition coefficient (Wildman–Crippen LogP) is 2.08. The van der Waals surface area contributed by atoms with Gasteiger partial charge in [0.25, 0.3) is 0 Å². The molecule has 1 heterocycles. The van der Waals surface area contributed by atoms with Crippen LogP contribution in [0.3, 0.4) is 0 Å². The standard InChI is InChI=1S/C14H19ClN2O2/c1-16-7-12-8-17(9-13(12)15)14(18)19-10-11-5-3-2-4-6-11/h2-6,12-13,16H,7-10H2,1H3. The van der Waals surface area contributed by atoms with Gasteiger partial charge in [-0.15, -0.1) is 11.6 Å². The fraction of sp³-hybridized carbons (Fsp3) is 0.500. The Morgan fingerprint density at radius 3 is 2.84 bits per heavy atom. The number of amides is 1. The van der Waals surface area contributed by atoms with Crippen LogP contribution in [0, 0.1) is 5.92 Å². The topological polar surface area (TPSA) is 41.6 Å². The number of nitrogens with zero attached hydrogens (tertiary/aromatic N) is 1. The summed E-state index contributed by atoms with van der Waals surface area (Å²) in [6, 6.07) is 9.66. The van der Waals surface area contributed by atoms with Gasteiger partial charge >= 0.3 is 6.09 Å². The summed E-state index contributed by atoms with van der Waals surface area (Å²) >= 11 is 6.22. The first kappa shape index (κ1) is 14.2. The van der Waals surface area contributed by atoms with E-state index >= 15 is 0 Å². The van der Waals surface area contributed by atoms with Gasteiger partial charge in [-0.2, -0.15) is 0 Å². The number of hydrogen-bond donors (Lipinski definition) is 1. The normalized spacial score (nSPS) is 22.5. The second kappa shape index (κ2) is 6.78. The summed E-state index contributed by atoms with van der Waals surface area (Å²) < 4.78 is 5.29. The molecular weight excluding hydrogens is 264 g/mol. The van der Waals surface area contributed by atoms with Crippen LogP contribution >= 0.6 is 11.6 Å². The molecule has 1 fully saturated rings. The molecule has 19 heavy (non-hydrogen) atoms. The molecule has 2 rings (SSSR count). The molecule has 0 saturated carbocycles. The maximum Gasteiger partial charge on any atom is 0.410 e. The summed E-state index contributed by atoms with van der Waals surface area (Å²) in [5.41, 5.74) is 0.990. The van der Waals surface area contributed by atoms with Gasteiger partial charge in [0.15, 0.2) is 0 Å². The highest BCUT2D eigenvalue weighted by molar-refractivity contribution is 6.21. The van der Waals surface area contributed by atoms with E-state index in [0.717, 1.165) is 12.1 Å². The van der Waals surface area contributed by atoms with E-state index in [0.29, 0.717) is 19.7 Å². The van der Waals surface area contributed by atoms with Crippen molar-refractivity contribution in [1.82, 2.24) is 10.2 Å². The largest absolute Gasteiger partial charge is 0.445 e. The van der Waals surface area contributed by atoms with Crippen LogP contribution in [-0.2, 0) is 11.3 Å². The van der Waals surface area contributed by atoms with Crippen molar-refractivity contribution < 1.29 is 9.53 Å². The van der Waals surface area contributed by atoms with Gasteiger partial charge in [-0.05, 0) is 12.6 Å². The van der Waals surface area contributed by atoms with Crippen LogP contribution in [-0.4, -0.2) is 43.1 Å². The van der Waals surface area contributed by atoms with Gasteiger partial charge in [0.2, 0.25) is 0 Å². The molecule has 1 aliphatic heterocycles. The minimum atomic E-state index is -0.284. The number of halogens is 1. The lowest BCUT2D eigenvalue weighted by Crippen LogP contribution is -2.30. The van der Waals surface area contributed by atoms with Crippen LogP contribution < -0.4 is 5.32 Å². The first-order valence-corrected chi connectivity index (χ1v) is 6.88. The molecule has 1 N–H and O–H groups in total. The molecular formula is C14H19ClN2O2. The van der Waals surface area contributed by atoms with Gasteiger partial charge in [0.05, 0.1) is 5.38 Å². The molecule has 2 unspecified atom stereocenters. The summed E-state index contributed by atoms with van der Waals surface area (Å²) in [6.45, 7) is 2.33. The minimum Gasteiger partial charge on any atom is -0.445 e. The lowest BCUT2D eigenvalue weighted by Gasteiger charge is -2.16. The molecule has 104 valence electrons. The highest BCUT2D eigenvalue weighted by atomic mass is 35.5. The van der Waals surface area contributed by atoms with Gasteiger partial charge in [-0.25, -0.2) is 4.79 Å². The van der Waals surface area contributed by atoms with Crippen LogP contribution in [0.2, 0.25) is 0 Å². The highest BCUT2D eigenvalue weighted by Crippen LogP contribution is 2.22. The summed E-state index contributed by atoms with van der Waals surface area (Å²) in [7, 11) is 1.89. The Balaban J connectivity index is 1.81.